The van der Waals surface area contributed by atoms with Crippen LogP contribution in [0, 0.1) is 0 Å². The summed E-state index contributed by atoms with van der Waals surface area (Å²) in [4.78, 5) is 4.84. The lowest BCUT2D eigenvalue weighted by Gasteiger charge is -2.17. The van der Waals surface area contributed by atoms with Crippen LogP contribution in [-0.4, -0.2) is 15.6 Å². The summed E-state index contributed by atoms with van der Waals surface area (Å²) in [5, 5.41) is 0.768. The molecule has 0 spiro atoms. The molecule has 2 N–H and O–H groups in total. The van der Waals surface area contributed by atoms with Crippen LogP contribution in [0.15, 0.2) is 18.2 Å². The standard InChI is InChI=1S/C15H20ClN3/c1-9(2)19-14-8-11(16)4-6-13(14)18-15(19)10-3-5-12(17)7-10/h4,6,8-10,12H,3,5,7,17H2,1-2H3. The minimum Gasteiger partial charge on any atom is -0.328 e. The van der Waals surface area contributed by atoms with E-state index >= 15 is 0 Å². The summed E-state index contributed by atoms with van der Waals surface area (Å²) < 4.78 is 2.32. The average Bonchev–Trinajstić information content (AvgIpc) is 2.91. The number of rotatable bonds is 2. The third-order valence-corrected chi connectivity index (χ3v) is 4.27. The summed E-state index contributed by atoms with van der Waals surface area (Å²) in [6.07, 6.45) is 3.29. The van der Waals surface area contributed by atoms with E-state index in [1.54, 1.807) is 0 Å². The highest BCUT2D eigenvalue weighted by atomic mass is 35.5. The normalized spacial score (nSPS) is 23.6. The maximum Gasteiger partial charge on any atom is 0.113 e. The van der Waals surface area contributed by atoms with Crippen molar-refractivity contribution < 1.29 is 0 Å². The molecule has 2 aromatic rings. The minimum atomic E-state index is 0.328. The second kappa shape index (κ2) is 4.80. The van der Waals surface area contributed by atoms with Crippen LogP contribution in [0.2, 0.25) is 5.02 Å². The van der Waals surface area contributed by atoms with Gasteiger partial charge in [0.1, 0.15) is 5.82 Å². The molecule has 1 aromatic heterocycles. The molecule has 1 aromatic carbocycles. The van der Waals surface area contributed by atoms with Crippen molar-refractivity contribution in [1.82, 2.24) is 9.55 Å². The molecule has 0 aliphatic heterocycles. The third kappa shape index (κ3) is 2.26. The zero-order chi connectivity index (χ0) is 13.6. The Morgan fingerprint density at radius 3 is 2.79 bits per heavy atom. The lowest BCUT2D eigenvalue weighted by Crippen LogP contribution is -2.16. The molecule has 2 unspecified atom stereocenters. The van der Waals surface area contributed by atoms with E-state index in [0.717, 1.165) is 35.3 Å². The van der Waals surface area contributed by atoms with Gasteiger partial charge in [0.2, 0.25) is 0 Å². The molecule has 102 valence electrons. The van der Waals surface area contributed by atoms with Crippen LogP contribution in [0.5, 0.6) is 0 Å². The molecule has 3 nitrogen and oxygen atoms in total. The Morgan fingerprint density at radius 2 is 2.16 bits per heavy atom. The summed E-state index contributed by atoms with van der Waals surface area (Å²) in [6.45, 7) is 4.39. The monoisotopic (exact) mass is 277 g/mol. The average molecular weight is 278 g/mol. The van der Waals surface area contributed by atoms with Gasteiger partial charge in [-0.15, -0.1) is 0 Å². The van der Waals surface area contributed by atoms with Gasteiger partial charge in [0.15, 0.2) is 0 Å². The summed E-state index contributed by atoms with van der Waals surface area (Å²) in [5.41, 5.74) is 8.22. The summed E-state index contributed by atoms with van der Waals surface area (Å²) in [5.74, 6) is 1.67. The second-order valence-corrected chi connectivity index (χ2v) is 6.27. The van der Waals surface area contributed by atoms with Gasteiger partial charge in [-0.3, -0.25) is 0 Å². The molecule has 2 atom stereocenters. The number of halogens is 1. The number of imidazole rings is 1. The Bertz CT molecular complexity index is 603. The lowest BCUT2D eigenvalue weighted by atomic mass is 10.1. The molecule has 0 amide bonds. The predicted molar refractivity (Wildman–Crippen MR) is 79.7 cm³/mol. The van der Waals surface area contributed by atoms with Gasteiger partial charge in [0.05, 0.1) is 11.0 Å². The number of nitrogens with zero attached hydrogens (tertiary/aromatic N) is 2. The Balaban J connectivity index is 2.15. The highest BCUT2D eigenvalue weighted by molar-refractivity contribution is 6.31. The predicted octanol–water partition coefficient (Wildman–Crippen LogP) is 3.87. The molecule has 0 radical (unpaired) electrons. The molecule has 1 aliphatic carbocycles. The topological polar surface area (TPSA) is 43.8 Å². The molecule has 1 fully saturated rings. The van der Waals surface area contributed by atoms with Gasteiger partial charge >= 0.3 is 0 Å². The van der Waals surface area contributed by atoms with E-state index in [1.165, 1.54) is 5.82 Å². The van der Waals surface area contributed by atoms with Crippen molar-refractivity contribution in [1.29, 1.82) is 0 Å². The second-order valence-electron chi connectivity index (χ2n) is 5.84. The highest BCUT2D eigenvalue weighted by Crippen LogP contribution is 2.36. The number of hydrogen-bond acceptors (Lipinski definition) is 2. The van der Waals surface area contributed by atoms with Crippen LogP contribution in [0.4, 0.5) is 0 Å². The van der Waals surface area contributed by atoms with Gasteiger partial charge < -0.3 is 10.3 Å². The number of fused-ring (bicyclic) bond motifs is 1. The number of benzene rings is 1. The molecule has 19 heavy (non-hydrogen) atoms. The molecular weight excluding hydrogens is 258 g/mol. The Kier molecular flexibility index (Phi) is 3.27. The van der Waals surface area contributed by atoms with Gasteiger partial charge in [-0.2, -0.15) is 0 Å². The first-order valence-electron chi connectivity index (χ1n) is 6.99. The molecule has 1 saturated carbocycles. The van der Waals surface area contributed by atoms with Gasteiger partial charge in [0, 0.05) is 23.0 Å². The van der Waals surface area contributed by atoms with Crippen LogP contribution in [0.25, 0.3) is 11.0 Å². The van der Waals surface area contributed by atoms with Crippen molar-refractivity contribution in [3.63, 3.8) is 0 Å². The Morgan fingerprint density at radius 1 is 1.37 bits per heavy atom. The molecule has 4 heteroatoms. The van der Waals surface area contributed by atoms with Crippen molar-refractivity contribution >= 4 is 22.6 Å². The van der Waals surface area contributed by atoms with Gasteiger partial charge in [0.25, 0.3) is 0 Å². The third-order valence-electron chi connectivity index (χ3n) is 4.03. The van der Waals surface area contributed by atoms with E-state index in [1.807, 2.05) is 18.2 Å². The van der Waals surface area contributed by atoms with Crippen molar-refractivity contribution in [2.45, 2.75) is 51.1 Å². The number of hydrogen-bond donors (Lipinski definition) is 1. The van der Waals surface area contributed by atoms with Crippen molar-refractivity contribution in [3.8, 4) is 0 Å². The highest BCUT2D eigenvalue weighted by Gasteiger charge is 2.28. The fourth-order valence-electron chi connectivity index (χ4n) is 3.17. The smallest absolute Gasteiger partial charge is 0.113 e. The SMILES string of the molecule is CC(C)n1c(C2CCC(N)C2)nc2ccc(Cl)cc21. The molecule has 3 rings (SSSR count). The van der Waals surface area contributed by atoms with Crippen molar-refractivity contribution in [3.05, 3.63) is 29.0 Å². The van der Waals surface area contributed by atoms with Crippen LogP contribution in [0.1, 0.15) is 50.9 Å². The maximum absolute atomic E-state index is 6.13. The summed E-state index contributed by atoms with van der Waals surface area (Å²) in [7, 11) is 0. The number of nitrogens with two attached hydrogens (primary N) is 1. The largest absolute Gasteiger partial charge is 0.328 e. The van der Waals surface area contributed by atoms with Crippen molar-refractivity contribution in [2.24, 2.45) is 5.73 Å². The zero-order valence-corrected chi connectivity index (χ0v) is 12.2. The molecule has 1 heterocycles. The Hall–Kier alpha value is -1.06. The van der Waals surface area contributed by atoms with E-state index in [-0.39, 0.29) is 0 Å². The van der Waals surface area contributed by atoms with Gasteiger partial charge in [-0.25, -0.2) is 4.98 Å². The quantitative estimate of drug-likeness (QED) is 0.906. The van der Waals surface area contributed by atoms with Crippen LogP contribution in [-0.2, 0) is 0 Å². The zero-order valence-electron chi connectivity index (χ0n) is 11.4. The first-order valence-corrected chi connectivity index (χ1v) is 7.37. The van der Waals surface area contributed by atoms with E-state index in [9.17, 15) is 0 Å². The summed E-state index contributed by atoms with van der Waals surface area (Å²) >= 11 is 6.13. The van der Waals surface area contributed by atoms with Crippen molar-refractivity contribution in [2.75, 3.05) is 0 Å². The van der Waals surface area contributed by atoms with E-state index in [2.05, 4.69) is 18.4 Å². The van der Waals surface area contributed by atoms with E-state index < -0.39 is 0 Å². The van der Waals surface area contributed by atoms with E-state index in [4.69, 9.17) is 22.3 Å². The molecule has 0 saturated heterocycles. The first kappa shape index (κ1) is 12.9. The minimum absolute atomic E-state index is 0.328. The van der Waals surface area contributed by atoms with E-state index in [0.29, 0.717) is 18.0 Å². The summed E-state index contributed by atoms with van der Waals surface area (Å²) in [6, 6.07) is 6.65. The first-order chi connectivity index (χ1) is 9.06. The van der Waals surface area contributed by atoms with Crippen LogP contribution >= 0.6 is 11.6 Å². The number of aromatic nitrogens is 2. The Labute approximate surface area is 118 Å². The fourth-order valence-corrected chi connectivity index (χ4v) is 3.33. The van der Waals surface area contributed by atoms with Crippen LogP contribution in [0.3, 0.4) is 0 Å². The molecular formula is C15H20ClN3. The molecule has 0 bridgehead atoms. The lowest BCUT2D eigenvalue weighted by molar-refractivity contribution is 0.536. The maximum atomic E-state index is 6.13. The van der Waals surface area contributed by atoms with Crippen LogP contribution < -0.4 is 5.73 Å². The van der Waals surface area contributed by atoms with Gasteiger partial charge in [-0.05, 0) is 51.3 Å². The fraction of sp³-hybridized carbons (Fsp3) is 0.533. The molecule has 1 aliphatic rings. The van der Waals surface area contributed by atoms with Gasteiger partial charge in [-0.1, -0.05) is 11.6 Å².